The molecular weight excluding hydrogens is 248 g/mol. The van der Waals surface area contributed by atoms with Gasteiger partial charge in [0.2, 0.25) is 5.91 Å². The lowest BCUT2D eigenvalue weighted by Gasteiger charge is -2.33. The van der Waals surface area contributed by atoms with E-state index in [1.165, 1.54) is 7.11 Å². The highest BCUT2D eigenvalue weighted by molar-refractivity contribution is 5.81. The maximum absolute atomic E-state index is 12.3. The van der Waals surface area contributed by atoms with E-state index in [1.807, 2.05) is 23.8 Å². The molecule has 2 unspecified atom stereocenters. The molecule has 1 heterocycles. The zero-order valence-electron chi connectivity index (χ0n) is 12.2. The molecule has 0 spiro atoms. The highest BCUT2D eigenvalue weighted by Gasteiger charge is 2.27. The summed E-state index contributed by atoms with van der Waals surface area (Å²) >= 11 is 0. The Hall–Kier alpha value is -1.14. The van der Waals surface area contributed by atoms with Crippen molar-refractivity contribution in [2.45, 2.75) is 19.9 Å². The molecule has 6 heteroatoms. The molecule has 2 atom stereocenters. The minimum absolute atomic E-state index is 0.0860. The molecule has 0 saturated carbocycles. The third-order valence-electron chi connectivity index (χ3n) is 3.51. The molecule has 0 aromatic carbocycles. The molecule has 0 aromatic rings. The number of likely N-dealkylation sites (N-methyl/N-ethyl adjacent to an activating group) is 1. The quantitative estimate of drug-likeness (QED) is 0.658. The molecule has 1 aliphatic rings. The van der Waals surface area contributed by atoms with Crippen LogP contribution < -0.4 is 0 Å². The summed E-state index contributed by atoms with van der Waals surface area (Å²) in [7, 11) is 3.23. The van der Waals surface area contributed by atoms with Gasteiger partial charge >= 0.3 is 5.97 Å². The van der Waals surface area contributed by atoms with Crippen molar-refractivity contribution < 1.29 is 19.1 Å². The number of hydrogen-bond acceptors (Lipinski definition) is 5. The monoisotopic (exact) mass is 272 g/mol. The maximum atomic E-state index is 12.3. The molecule has 1 amide bonds. The van der Waals surface area contributed by atoms with E-state index in [-0.39, 0.29) is 23.8 Å². The molecule has 0 aliphatic carbocycles. The number of nitrogens with zero attached hydrogens (tertiary/aromatic N) is 2. The lowest BCUT2D eigenvalue weighted by Crippen LogP contribution is -2.50. The number of methoxy groups -OCH3 is 1. The Labute approximate surface area is 114 Å². The molecule has 0 aromatic heterocycles. The zero-order chi connectivity index (χ0) is 14.4. The summed E-state index contributed by atoms with van der Waals surface area (Å²) in [5.74, 6) is -0.407. The van der Waals surface area contributed by atoms with Crippen LogP contribution in [-0.2, 0) is 19.1 Å². The van der Waals surface area contributed by atoms with E-state index in [4.69, 9.17) is 9.47 Å². The highest BCUT2D eigenvalue weighted by atomic mass is 16.5. The SMILES string of the molecule is COC(=O)C(C)CN(C)C(C)C(=O)N1CCOCC1. The van der Waals surface area contributed by atoms with E-state index in [2.05, 4.69) is 0 Å². The number of rotatable bonds is 5. The van der Waals surface area contributed by atoms with Crippen molar-refractivity contribution in [3.05, 3.63) is 0 Å². The lowest BCUT2D eigenvalue weighted by molar-refractivity contribution is -0.147. The maximum Gasteiger partial charge on any atom is 0.309 e. The van der Waals surface area contributed by atoms with Crippen LogP contribution >= 0.6 is 0 Å². The molecule has 19 heavy (non-hydrogen) atoms. The van der Waals surface area contributed by atoms with Gasteiger partial charge in [-0.25, -0.2) is 0 Å². The van der Waals surface area contributed by atoms with Gasteiger partial charge in [0.25, 0.3) is 0 Å². The zero-order valence-corrected chi connectivity index (χ0v) is 12.2. The van der Waals surface area contributed by atoms with E-state index in [0.717, 1.165) is 0 Å². The van der Waals surface area contributed by atoms with Crippen molar-refractivity contribution in [2.24, 2.45) is 5.92 Å². The second-order valence-electron chi connectivity index (χ2n) is 4.98. The van der Waals surface area contributed by atoms with Crippen LogP contribution in [0.15, 0.2) is 0 Å². The molecule has 0 bridgehead atoms. The fourth-order valence-corrected chi connectivity index (χ4v) is 2.10. The van der Waals surface area contributed by atoms with Gasteiger partial charge < -0.3 is 14.4 Å². The number of amides is 1. The molecule has 1 rings (SSSR count). The summed E-state index contributed by atoms with van der Waals surface area (Å²) in [6, 6.07) is -0.245. The lowest BCUT2D eigenvalue weighted by atomic mass is 10.1. The third-order valence-corrected chi connectivity index (χ3v) is 3.51. The van der Waals surface area contributed by atoms with Crippen LogP contribution in [0.1, 0.15) is 13.8 Å². The van der Waals surface area contributed by atoms with Gasteiger partial charge in [-0.2, -0.15) is 0 Å². The molecule has 6 nitrogen and oxygen atoms in total. The number of carbonyl (C=O) groups is 2. The van der Waals surface area contributed by atoms with Gasteiger partial charge in [0.05, 0.1) is 32.3 Å². The first-order valence-corrected chi connectivity index (χ1v) is 6.62. The van der Waals surface area contributed by atoms with Crippen LogP contribution in [0.4, 0.5) is 0 Å². The van der Waals surface area contributed by atoms with E-state index in [0.29, 0.717) is 32.8 Å². The number of morpholine rings is 1. The first-order valence-electron chi connectivity index (χ1n) is 6.62. The predicted molar refractivity (Wildman–Crippen MR) is 70.7 cm³/mol. The summed E-state index contributed by atoms with van der Waals surface area (Å²) in [5.41, 5.74) is 0. The summed E-state index contributed by atoms with van der Waals surface area (Å²) in [6.45, 7) is 6.65. The molecule has 1 fully saturated rings. The second-order valence-corrected chi connectivity index (χ2v) is 4.98. The highest BCUT2D eigenvalue weighted by Crippen LogP contribution is 2.08. The largest absolute Gasteiger partial charge is 0.469 e. The Balaban J connectivity index is 2.48. The number of carbonyl (C=O) groups excluding carboxylic acids is 2. The van der Waals surface area contributed by atoms with Crippen LogP contribution in [0.2, 0.25) is 0 Å². The summed E-state index contributed by atoms with van der Waals surface area (Å²) < 4.78 is 9.92. The number of hydrogen-bond donors (Lipinski definition) is 0. The van der Waals surface area contributed by atoms with E-state index in [1.54, 1.807) is 6.92 Å². The normalized spacial score (nSPS) is 19.1. The number of ether oxygens (including phenoxy) is 2. The minimum atomic E-state index is -0.252. The van der Waals surface area contributed by atoms with Crippen molar-refractivity contribution >= 4 is 11.9 Å². The van der Waals surface area contributed by atoms with Crippen molar-refractivity contribution in [2.75, 3.05) is 47.0 Å². The Morgan fingerprint density at radius 3 is 2.42 bits per heavy atom. The predicted octanol–water partition coefficient (Wildman–Crippen LogP) is -0.0254. The Bertz CT molecular complexity index is 316. The third kappa shape index (κ3) is 4.47. The summed E-state index contributed by atoms with van der Waals surface area (Å²) in [5, 5.41) is 0. The fraction of sp³-hybridized carbons (Fsp3) is 0.846. The Kier molecular flexibility index (Phi) is 6.24. The van der Waals surface area contributed by atoms with Crippen LogP contribution in [0.5, 0.6) is 0 Å². The van der Waals surface area contributed by atoms with Crippen LogP contribution in [0, 0.1) is 5.92 Å². The molecule has 110 valence electrons. The van der Waals surface area contributed by atoms with Gasteiger partial charge in [0.15, 0.2) is 0 Å². The molecule has 1 saturated heterocycles. The van der Waals surface area contributed by atoms with E-state index < -0.39 is 0 Å². The van der Waals surface area contributed by atoms with Gasteiger partial charge in [0, 0.05) is 19.6 Å². The van der Waals surface area contributed by atoms with E-state index in [9.17, 15) is 9.59 Å². The minimum Gasteiger partial charge on any atom is -0.469 e. The van der Waals surface area contributed by atoms with Gasteiger partial charge in [-0.3, -0.25) is 14.5 Å². The van der Waals surface area contributed by atoms with Crippen LogP contribution in [0.25, 0.3) is 0 Å². The van der Waals surface area contributed by atoms with Crippen molar-refractivity contribution in [3.63, 3.8) is 0 Å². The first-order chi connectivity index (χ1) is 8.97. The van der Waals surface area contributed by atoms with E-state index >= 15 is 0 Å². The first kappa shape index (κ1) is 15.9. The summed E-state index contributed by atoms with van der Waals surface area (Å²) in [4.78, 5) is 27.4. The number of esters is 1. The van der Waals surface area contributed by atoms with Gasteiger partial charge in [-0.1, -0.05) is 6.92 Å². The Morgan fingerprint density at radius 1 is 1.32 bits per heavy atom. The van der Waals surface area contributed by atoms with Gasteiger partial charge in [0.1, 0.15) is 0 Å². The average Bonchev–Trinajstić information content (AvgIpc) is 2.45. The van der Waals surface area contributed by atoms with Gasteiger partial charge in [-0.15, -0.1) is 0 Å². The fourth-order valence-electron chi connectivity index (χ4n) is 2.10. The second kappa shape index (κ2) is 7.45. The molecule has 0 radical (unpaired) electrons. The van der Waals surface area contributed by atoms with Crippen molar-refractivity contribution in [3.8, 4) is 0 Å². The average molecular weight is 272 g/mol. The smallest absolute Gasteiger partial charge is 0.309 e. The van der Waals surface area contributed by atoms with Crippen LogP contribution in [0.3, 0.4) is 0 Å². The van der Waals surface area contributed by atoms with Crippen molar-refractivity contribution in [1.82, 2.24) is 9.80 Å². The summed E-state index contributed by atoms with van der Waals surface area (Å²) in [6.07, 6.45) is 0. The van der Waals surface area contributed by atoms with Crippen LogP contribution in [-0.4, -0.2) is 74.7 Å². The molecule has 0 N–H and O–H groups in total. The topological polar surface area (TPSA) is 59.1 Å². The van der Waals surface area contributed by atoms with Crippen molar-refractivity contribution in [1.29, 1.82) is 0 Å². The van der Waals surface area contributed by atoms with Gasteiger partial charge in [-0.05, 0) is 14.0 Å². The molecular formula is C13H24N2O4. The molecule has 1 aliphatic heterocycles. The standard InChI is InChI=1S/C13H24N2O4/c1-10(13(17)18-4)9-14(3)11(2)12(16)15-5-7-19-8-6-15/h10-11H,5-9H2,1-4H3. The Morgan fingerprint density at radius 2 is 1.89 bits per heavy atom.